The zero-order valence-electron chi connectivity index (χ0n) is 15.6. The van der Waals surface area contributed by atoms with Crippen LogP contribution in [0.3, 0.4) is 0 Å². The van der Waals surface area contributed by atoms with Crippen LogP contribution in [0.15, 0.2) is 24.3 Å². The summed E-state index contributed by atoms with van der Waals surface area (Å²) in [7, 11) is 0. The summed E-state index contributed by atoms with van der Waals surface area (Å²) in [6.07, 6.45) is 2.61. The highest BCUT2D eigenvalue weighted by Crippen LogP contribution is 2.43. The third kappa shape index (κ3) is 4.22. The molecule has 0 saturated carbocycles. The Morgan fingerprint density at radius 2 is 2.00 bits per heavy atom. The van der Waals surface area contributed by atoms with Crippen LogP contribution in [0.4, 0.5) is 0 Å². The van der Waals surface area contributed by atoms with E-state index in [0.29, 0.717) is 6.42 Å². The number of benzene rings is 1. The number of rotatable bonds is 4. The largest absolute Gasteiger partial charge is 0.459 e. The fourth-order valence-corrected chi connectivity index (χ4v) is 3.75. The number of fused-ring (bicyclic) bond motifs is 2. The Hall–Kier alpha value is -1.43. The Bertz CT molecular complexity index is 616. The van der Waals surface area contributed by atoms with Crippen LogP contribution >= 0.6 is 0 Å². The van der Waals surface area contributed by atoms with Crippen molar-refractivity contribution in [1.82, 2.24) is 4.90 Å². The number of carbonyl (C=O) groups is 1. The van der Waals surface area contributed by atoms with Gasteiger partial charge in [-0.3, -0.25) is 4.79 Å². The van der Waals surface area contributed by atoms with Gasteiger partial charge in [-0.15, -0.1) is 0 Å². The standard InChI is InChI=1S/C20H30N2O3/c1-19(2,3)25-18(23)17(21)8-11-22-12-9-20(10-13-22)16-7-5-4-6-15(16)14-24-20/h4-7,17H,8-14,21H2,1-3H3. The minimum Gasteiger partial charge on any atom is -0.459 e. The van der Waals surface area contributed by atoms with E-state index >= 15 is 0 Å². The molecule has 1 spiro atoms. The highest BCUT2D eigenvalue weighted by atomic mass is 16.6. The van der Waals surface area contributed by atoms with Crippen LogP contribution in [0.25, 0.3) is 0 Å². The van der Waals surface area contributed by atoms with E-state index in [1.807, 2.05) is 20.8 Å². The van der Waals surface area contributed by atoms with Gasteiger partial charge in [0, 0.05) is 19.6 Å². The van der Waals surface area contributed by atoms with Crippen molar-refractivity contribution < 1.29 is 14.3 Å². The molecular formula is C20H30N2O3. The fraction of sp³-hybridized carbons (Fsp3) is 0.650. The predicted octanol–water partition coefficient (Wildman–Crippen LogP) is 2.57. The van der Waals surface area contributed by atoms with Gasteiger partial charge < -0.3 is 20.1 Å². The number of piperidine rings is 1. The molecule has 2 N–H and O–H groups in total. The maximum absolute atomic E-state index is 12.0. The van der Waals surface area contributed by atoms with E-state index < -0.39 is 11.6 Å². The lowest BCUT2D eigenvalue weighted by Gasteiger charge is -2.39. The van der Waals surface area contributed by atoms with Gasteiger partial charge >= 0.3 is 5.97 Å². The average Bonchev–Trinajstić information content (AvgIpc) is 2.92. The summed E-state index contributed by atoms with van der Waals surface area (Å²) in [6.45, 7) is 9.06. The molecule has 1 aromatic rings. The number of nitrogens with zero attached hydrogens (tertiary/aromatic N) is 1. The van der Waals surface area contributed by atoms with Crippen LogP contribution < -0.4 is 5.73 Å². The molecule has 0 aliphatic carbocycles. The van der Waals surface area contributed by atoms with Crippen LogP contribution in [-0.4, -0.2) is 42.1 Å². The molecular weight excluding hydrogens is 316 g/mol. The molecule has 0 aromatic heterocycles. The fourth-order valence-electron chi connectivity index (χ4n) is 3.75. The quantitative estimate of drug-likeness (QED) is 0.849. The van der Waals surface area contributed by atoms with Crippen molar-refractivity contribution in [3.63, 3.8) is 0 Å². The lowest BCUT2D eigenvalue weighted by Crippen LogP contribution is -2.45. The van der Waals surface area contributed by atoms with Crippen molar-refractivity contribution in [3.8, 4) is 0 Å². The van der Waals surface area contributed by atoms with Crippen LogP contribution in [0, 0.1) is 0 Å². The molecule has 0 radical (unpaired) electrons. The Labute approximate surface area is 150 Å². The molecule has 3 rings (SSSR count). The molecule has 1 saturated heterocycles. The maximum Gasteiger partial charge on any atom is 0.323 e. The molecule has 1 aromatic carbocycles. The number of ether oxygens (including phenoxy) is 2. The zero-order valence-corrected chi connectivity index (χ0v) is 15.6. The predicted molar refractivity (Wildman–Crippen MR) is 97.0 cm³/mol. The molecule has 0 bridgehead atoms. The first-order valence-corrected chi connectivity index (χ1v) is 9.22. The number of hydrogen-bond donors (Lipinski definition) is 1. The lowest BCUT2D eigenvalue weighted by molar-refractivity contribution is -0.156. The topological polar surface area (TPSA) is 64.8 Å². The normalized spacial score (nSPS) is 21.1. The molecule has 0 amide bonds. The second-order valence-corrected chi connectivity index (χ2v) is 8.21. The molecule has 5 heteroatoms. The van der Waals surface area contributed by atoms with E-state index in [-0.39, 0.29) is 11.6 Å². The van der Waals surface area contributed by atoms with E-state index in [4.69, 9.17) is 15.2 Å². The van der Waals surface area contributed by atoms with Gasteiger partial charge in [-0.2, -0.15) is 0 Å². The van der Waals surface area contributed by atoms with Gasteiger partial charge in [0.15, 0.2) is 0 Å². The smallest absolute Gasteiger partial charge is 0.323 e. The summed E-state index contributed by atoms with van der Waals surface area (Å²) in [5.41, 5.74) is 8.08. The van der Waals surface area contributed by atoms with Crippen LogP contribution in [0.2, 0.25) is 0 Å². The van der Waals surface area contributed by atoms with Crippen molar-refractivity contribution >= 4 is 5.97 Å². The molecule has 2 heterocycles. The summed E-state index contributed by atoms with van der Waals surface area (Å²) in [4.78, 5) is 14.4. The summed E-state index contributed by atoms with van der Waals surface area (Å²) < 4.78 is 11.5. The van der Waals surface area contributed by atoms with Crippen molar-refractivity contribution in [3.05, 3.63) is 35.4 Å². The molecule has 1 atom stereocenters. The number of nitrogens with two attached hydrogens (primary N) is 1. The second kappa shape index (κ2) is 7.06. The first-order chi connectivity index (χ1) is 11.8. The van der Waals surface area contributed by atoms with Gasteiger partial charge in [-0.1, -0.05) is 24.3 Å². The summed E-state index contributed by atoms with van der Waals surface area (Å²) in [5.74, 6) is -0.311. The van der Waals surface area contributed by atoms with Gasteiger partial charge in [-0.05, 0) is 51.2 Å². The zero-order chi connectivity index (χ0) is 18.1. The van der Waals surface area contributed by atoms with Crippen LogP contribution in [0.1, 0.15) is 51.2 Å². The Morgan fingerprint density at radius 3 is 2.68 bits per heavy atom. The van der Waals surface area contributed by atoms with E-state index in [9.17, 15) is 4.79 Å². The number of esters is 1. The van der Waals surface area contributed by atoms with E-state index in [2.05, 4.69) is 29.2 Å². The molecule has 2 aliphatic heterocycles. The first-order valence-electron chi connectivity index (χ1n) is 9.22. The molecule has 2 aliphatic rings. The Balaban J connectivity index is 1.48. The molecule has 25 heavy (non-hydrogen) atoms. The summed E-state index contributed by atoms with van der Waals surface area (Å²) >= 11 is 0. The van der Waals surface area contributed by atoms with Gasteiger partial charge in [0.1, 0.15) is 11.6 Å². The number of carbonyl (C=O) groups excluding carboxylic acids is 1. The third-order valence-electron chi connectivity index (χ3n) is 5.14. The van der Waals surface area contributed by atoms with E-state index in [1.54, 1.807) is 0 Å². The third-order valence-corrected chi connectivity index (χ3v) is 5.14. The lowest BCUT2D eigenvalue weighted by atomic mass is 9.84. The average molecular weight is 346 g/mol. The SMILES string of the molecule is CC(C)(C)OC(=O)C(N)CCN1CCC2(CC1)OCc1ccccc12. The van der Waals surface area contributed by atoms with Crippen LogP contribution in [-0.2, 0) is 26.5 Å². The van der Waals surface area contributed by atoms with Crippen molar-refractivity contribution in [2.75, 3.05) is 19.6 Å². The number of hydrogen-bond acceptors (Lipinski definition) is 5. The van der Waals surface area contributed by atoms with Gasteiger partial charge in [0.2, 0.25) is 0 Å². The van der Waals surface area contributed by atoms with Crippen molar-refractivity contribution in [2.45, 2.75) is 63.9 Å². The van der Waals surface area contributed by atoms with Crippen molar-refractivity contribution in [1.29, 1.82) is 0 Å². The summed E-state index contributed by atoms with van der Waals surface area (Å²) in [6, 6.07) is 7.99. The Kier molecular flexibility index (Phi) is 5.19. The minimum atomic E-state index is -0.557. The molecule has 5 nitrogen and oxygen atoms in total. The van der Waals surface area contributed by atoms with Gasteiger partial charge in [-0.25, -0.2) is 0 Å². The molecule has 1 unspecified atom stereocenters. The van der Waals surface area contributed by atoms with Crippen LogP contribution in [0.5, 0.6) is 0 Å². The molecule has 138 valence electrons. The highest BCUT2D eigenvalue weighted by molar-refractivity contribution is 5.75. The first kappa shape index (κ1) is 18.4. The molecule has 1 fully saturated rings. The van der Waals surface area contributed by atoms with Gasteiger partial charge in [0.05, 0.1) is 12.2 Å². The minimum absolute atomic E-state index is 0.111. The second-order valence-electron chi connectivity index (χ2n) is 8.21. The number of likely N-dealkylation sites (tertiary alicyclic amines) is 1. The monoisotopic (exact) mass is 346 g/mol. The van der Waals surface area contributed by atoms with E-state index in [1.165, 1.54) is 11.1 Å². The van der Waals surface area contributed by atoms with Gasteiger partial charge in [0.25, 0.3) is 0 Å². The Morgan fingerprint density at radius 1 is 1.32 bits per heavy atom. The van der Waals surface area contributed by atoms with Crippen molar-refractivity contribution in [2.24, 2.45) is 5.73 Å². The maximum atomic E-state index is 12.0. The summed E-state index contributed by atoms with van der Waals surface area (Å²) in [5, 5.41) is 0. The van der Waals surface area contributed by atoms with E-state index in [0.717, 1.165) is 39.1 Å². The highest BCUT2D eigenvalue weighted by Gasteiger charge is 2.42.